The molecule has 3 heterocycles. The third-order valence-electron chi connectivity index (χ3n) is 5.83. The van der Waals surface area contributed by atoms with Crippen molar-refractivity contribution in [3.8, 4) is 5.69 Å². The molecule has 0 aliphatic carbocycles. The molecule has 0 bridgehead atoms. The Morgan fingerprint density at radius 1 is 0.967 bits per heavy atom. The minimum Gasteiger partial charge on any atom is -0.296 e. The zero-order valence-corrected chi connectivity index (χ0v) is 17.3. The first kappa shape index (κ1) is 18.5. The van der Waals surface area contributed by atoms with Gasteiger partial charge in [-0.05, 0) is 49.6 Å². The van der Waals surface area contributed by atoms with Gasteiger partial charge in [0.05, 0.1) is 11.0 Å². The van der Waals surface area contributed by atoms with Crippen LogP contribution < -0.4 is 5.56 Å². The fraction of sp³-hybridized carbons (Fsp3) is 0.250. The fourth-order valence-electron chi connectivity index (χ4n) is 3.92. The number of benzene rings is 2. The first-order valence-corrected chi connectivity index (χ1v) is 10.4. The van der Waals surface area contributed by atoms with Crippen molar-refractivity contribution in [1.29, 1.82) is 0 Å². The van der Waals surface area contributed by atoms with E-state index in [4.69, 9.17) is 15.0 Å². The van der Waals surface area contributed by atoms with Gasteiger partial charge in [0.2, 0.25) is 0 Å². The summed E-state index contributed by atoms with van der Waals surface area (Å²) in [7, 11) is 0. The van der Waals surface area contributed by atoms with E-state index in [1.807, 2.05) is 47.9 Å². The van der Waals surface area contributed by atoms with Crippen molar-refractivity contribution < 1.29 is 0 Å². The van der Waals surface area contributed by atoms with Gasteiger partial charge in [0.25, 0.3) is 5.56 Å². The molecule has 0 spiro atoms. The van der Waals surface area contributed by atoms with Crippen LogP contribution >= 0.6 is 0 Å². The van der Waals surface area contributed by atoms with Gasteiger partial charge in [0, 0.05) is 11.7 Å². The molecule has 6 heteroatoms. The number of nitrogens with zero attached hydrogens (tertiary/aromatic N) is 5. The summed E-state index contributed by atoms with van der Waals surface area (Å²) in [4.78, 5) is 27.9. The van der Waals surface area contributed by atoms with Gasteiger partial charge in [-0.1, -0.05) is 38.1 Å². The molecular formula is C24H23N5O. The zero-order valence-electron chi connectivity index (χ0n) is 17.3. The third-order valence-corrected chi connectivity index (χ3v) is 5.83. The van der Waals surface area contributed by atoms with Crippen LogP contribution in [-0.4, -0.2) is 24.1 Å². The van der Waals surface area contributed by atoms with E-state index < -0.39 is 0 Å². The lowest BCUT2D eigenvalue weighted by Crippen LogP contribution is -2.23. The maximum absolute atomic E-state index is 13.5. The van der Waals surface area contributed by atoms with Crippen LogP contribution in [-0.2, 0) is 6.42 Å². The average molecular weight is 397 g/mol. The second-order valence-electron chi connectivity index (χ2n) is 7.66. The van der Waals surface area contributed by atoms with E-state index >= 15 is 0 Å². The highest BCUT2D eigenvalue weighted by molar-refractivity contribution is 6.05. The van der Waals surface area contributed by atoms with Crippen LogP contribution in [0.1, 0.15) is 38.8 Å². The summed E-state index contributed by atoms with van der Waals surface area (Å²) >= 11 is 0. The SMILES string of the molecule is CCc1cccc(-n2c3nc4ccccc4nc3c3c(=O)n([C@H](C)CC)cnc32)c1. The molecule has 2 aromatic carbocycles. The van der Waals surface area contributed by atoms with Crippen LogP contribution in [0.4, 0.5) is 0 Å². The van der Waals surface area contributed by atoms with Crippen LogP contribution in [0.3, 0.4) is 0 Å². The largest absolute Gasteiger partial charge is 0.296 e. The molecule has 0 N–H and O–H groups in total. The normalized spacial score (nSPS) is 12.8. The van der Waals surface area contributed by atoms with Crippen LogP contribution in [0.5, 0.6) is 0 Å². The van der Waals surface area contributed by atoms with Crippen LogP contribution in [0.25, 0.3) is 38.9 Å². The summed E-state index contributed by atoms with van der Waals surface area (Å²) in [6, 6.07) is 16.1. The summed E-state index contributed by atoms with van der Waals surface area (Å²) in [5.41, 5.74) is 5.49. The third kappa shape index (κ3) is 2.71. The lowest BCUT2D eigenvalue weighted by molar-refractivity contribution is 0.510. The second kappa shape index (κ2) is 7.06. The zero-order chi connectivity index (χ0) is 20.8. The van der Waals surface area contributed by atoms with Gasteiger partial charge in [-0.3, -0.25) is 13.9 Å². The number of hydrogen-bond acceptors (Lipinski definition) is 4. The Balaban J connectivity index is 1.97. The maximum Gasteiger partial charge on any atom is 0.265 e. The van der Waals surface area contributed by atoms with Crippen molar-refractivity contribution in [2.75, 3.05) is 0 Å². The summed E-state index contributed by atoms with van der Waals surface area (Å²) in [6.45, 7) is 6.22. The van der Waals surface area contributed by atoms with E-state index in [2.05, 4.69) is 26.0 Å². The smallest absolute Gasteiger partial charge is 0.265 e. The number of aryl methyl sites for hydroxylation is 1. The van der Waals surface area contributed by atoms with E-state index in [-0.39, 0.29) is 11.6 Å². The Hall–Kier alpha value is -3.54. The lowest BCUT2D eigenvalue weighted by Gasteiger charge is -2.12. The van der Waals surface area contributed by atoms with E-state index in [0.717, 1.165) is 29.6 Å². The molecule has 5 aromatic rings. The van der Waals surface area contributed by atoms with E-state index in [1.54, 1.807) is 10.9 Å². The monoisotopic (exact) mass is 397 g/mol. The number of para-hydroxylation sites is 2. The minimum atomic E-state index is -0.0747. The molecule has 0 amide bonds. The molecule has 5 rings (SSSR count). The molecule has 150 valence electrons. The van der Waals surface area contributed by atoms with Crippen molar-refractivity contribution in [2.45, 2.75) is 39.7 Å². The van der Waals surface area contributed by atoms with Gasteiger partial charge in [-0.25, -0.2) is 15.0 Å². The highest BCUT2D eigenvalue weighted by atomic mass is 16.1. The Morgan fingerprint density at radius 2 is 1.73 bits per heavy atom. The predicted molar refractivity (Wildman–Crippen MR) is 120 cm³/mol. The number of aromatic nitrogens is 5. The summed E-state index contributed by atoms with van der Waals surface area (Å²) < 4.78 is 3.66. The average Bonchev–Trinajstić information content (AvgIpc) is 3.11. The molecule has 0 aliphatic rings. The molecule has 0 saturated carbocycles. The van der Waals surface area contributed by atoms with Crippen LogP contribution in [0.2, 0.25) is 0 Å². The first-order valence-electron chi connectivity index (χ1n) is 10.4. The Kier molecular flexibility index (Phi) is 4.35. The van der Waals surface area contributed by atoms with Gasteiger partial charge in [0.1, 0.15) is 17.2 Å². The van der Waals surface area contributed by atoms with E-state index in [0.29, 0.717) is 22.2 Å². The van der Waals surface area contributed by atoms with Crippen LogP contribution in [0, 0.1) is 0 Å². The molecule has 30 heavy (non-hydrogen) atoms. The van der Waals surface area contributed by atoms with Crippen molar-refractivity contribution in [3.63, 3.8) is 0 Å². The van der Waals surface area contributed by atoms with Gasteiger partial charge in [0.15, 0.2) is 11.3 Å². The van der Waals surface area contributed by atoms with Crippen molar-refractivity contribution in [2.24, 2.45) is 0 Å². The van der Waals surface area contributed by atoms with Crippen molar-refractivity contribution in [3.05, 3.63) is 70.8 Å². The standard InChI is InChI=1S/C24H23N5O/c1-4-15(3)28-14-25-22-20(24(28)30)21-23(27-19-12-7-6-11-18(19)26-21)29(22)17-10-8-9-16(5-2)13-17/h6-15H,4-5H2,1-3H3/t15-/m1/s1. The van der Waals surface area contributed by atoms with Crippen molar-refractivity contribution in [1.82, 2.24) is 24.1 Å². The molecule has 0 aliphatic heterocycles. The number of fused-ring (bicyclic) bond motifs is 4. The predicted octanol–water partition coefficient (Wildman–Crippen LogP) is 4.82. The van der Waals surface area contributed by atoms with Gasteiger partial charge < -0.3 is 0 Å². The quantitative estimate of drug-likeness (QED) is 0.436. The molecule has 0 radical (unpaired) electrons. The molecule has 3 aromatic heterocycles. The summed E-state index contributed by atoms with van der Waals surface area (Å²) in [5, 5.41) is 0.521. The number of rotatable bonds is 4. The lowest BCUT2D eigenvalue weighted by atomic mass is 10.1. The molecule has 0 saturated heterocycles. The Labute approximate surface area is 173 Å². The first-order chi connectivity index (χ1) is 14.6. The number of hydrogen-bond donors (Lipinski definition) is 0. The molecule has 6 nitrogen and oxygen atoms in total. The highest BCUT2D eigenvalue weighted by Gasteiger charge is 2.21. The molecule has 1 atom stereocenters. The molecular weight excluding hydrogens is 374 g/mol. The van der Waals surface area contributed by atoms with E-state index in [9.17, 15) is 4.79 Å². The van der Waals surface area contributed by atoms with E-state index in [1.165, 1.54) is 5.56 Å². The van der Waals surface area contributed by atoms with Gasteiger partial charge >= 0.3 is 0 Å². The highest BCUT2D eigenvalue weighted by Crippen LogP contribution is 2.29. The molecule has 0 unspecified atom stereocenters. The van der Waals surface area contributed by atoms with Crippen LogP contribution in [0.15, 0.2) is 59.7 Å². The van der Waals surface area contributed by atoms with Gasteiger partial charge in [-0.2, -0.15) is 0 Å². The van der Waals surface area contributed by atoms with Gasteiger partial charge in [-0.15, -0.1) is 0 Å². The summed E-state index contributed by atoms with van der Waals surface area (Å²) in [5.74, 6) is 0. The van der Waals surface area contributed by atoms with Crippen molar-refractivity contribution >= 4 is 33.2 Å². The Bertz CT molecular complexity index is 1460. The topological polar surface area (TPSA) is 65.6 Å². The summed E-state index contributed by atoms with van der Waals surface area (Å²) in [6.07, 6.45) is 3.42. The molecule has 0 fully saturated rings. The fourth-order valence-corrected chi connectivity index (χ4v) is 3.92. The Morgan fingerprint density at radius 3 is 2.47 bits per heavy atom. The second-order valence-corrected chi connectivity index (χ2v) is 7.66. The minimum absolute atomic E-state index is 0.0598. The maximum atomic E-state index is 13.5.